The molecule has 142 valence electrons. The molecule has 0 saturated heterocycles. The zero-order valence-electron chi connectivity index (χ0n) is 13.2. The van der Waals surface area contributed by atoms with Crippen LogP contribution in [0.4, 0.5) is 8.78 Å². The molecule has 9 nitrogen and oxygen atoms in total. The van der Waals surface area contributed by atoms with Crippen LogP contribution in [0.15, 0.2) is 39.7 Å². The number of hydrogen-bond acceptors (Lipinski definition) is 9. The first-order chi connectivity index (χ1) is 12.6. The molecule has 0 spiro atoms. The molecule has 0 N–H and O–H groups in total. The number of ketones is 1. The van der Waals surface area contributed by atoms with Gasteiger partial charge in [-0.15, -0.1) is 0 Å². The molecule has 0 aliphatic heterocycles. The first-order valence-electron chi connectivity index (χ1n) is 7.14. The van der Waals surface area contributed by atoms with Crippen molar-refractivity contribution in [2.45, 2.75) is 11.1 Å². The summed E-state index contributed by atoms with van der Waals surface area (Å²) in [7, 11) is -3.80. The maximum atomic E-state index is 12.9. The molecule has 3 rings (SSSR count). The van der Waals surface area contributed by atoms with Crippen molar-refractivity contribution in [1.29, 1.82) is 0 Å². The van der Waals surface area contributed by atoms with E-state index in [9.17, 15) is 22.0 Å². The normalized spacial score (nSPS) is 12.3. The number of nitrogens with zero attached hydrogens (tertiary/aromatic N) is 4. The Bertz CT molecular complexity index is 1050. The number of Topliss-reactive ketones (excluding diaryl/α,β-unsaturated/α-hetero) is 1. The topological polar surface area (TPSA) is 129 Å². The third-order valence-electron chi connectivity index (χ3n) is 3.24. The highest BCUT2D eigenvalue weighted by atomic mass is 35.5. The molecule has 0 saturated carbocycles. The van der Waals surface area contributed by atoms with Gasteiger partial charge in [-0.05, 0) is 11.6 Å². The predicted octanol–water partition coefficient (Wildman–Crippen LogP) is 2.21. The summed E-state index contributed by atoms with van der Waals surface area (Å²) >= 11 is 4.79. The average Bonchev–Trinajstić information content (AvgIpc) is 3.25. The van der Waals surface area contributed by atoms with Crippen LogP contribution in [0.3, 0.4) is 0 Å². The first-order valence-corrected chi connectivity index (χ1v) is 9.34. The summed E-state index contributed by atoms with van der Waals surface area (Å²) in [6.45, 7) is 0. The molecular formula is C14H9ClF2N4O5S. The van der Waals surface area contributed by atoms with E-state index < -0.39 is 38.4 Å². The number of sulfone groups is 1. The van der Waals surface area contributed by atoms with Gasteiger partial charge in [-0.25, -0.2) is 8.42 Å². The maximum absolute atomic E-state index is 12.9. The van der Waals surface area contributed by atoms with Crippen molar-refractivity contribution >= 4 is 27.2 Å². The summed E-state index contributed by atoms with van der Waals surface area (Å²) in [6.07, 6.45) is 0.981. The SMILES string of the molecule is O=C(CS(=O)(=O)Cc1ncon1)c1ccc(-c2noc(C(F)(F)Cl)n2)cc1. The van der Waals surface area contributed by atoms with Crippen molar-refractivity contribution in [3.63, 3.8) is 0 Å². The number of halogens is 3. The summed E-state index contributed by atoms with van der Waals surface area (Å²) in [4.78, 5) is 19.2. The molecular weight excluding hydrogens is 410 g/mol. The molecule has 1 aromatic carbocycles. The summed E-state index contributed by atoms with van der Waals surface area (Å²) < 4.78 is 58.6. The second kappa shape index (κ2) is 7.12. The zero-order chi connectivity index (χ0) is 19.7. The van der Waals surface area contributed by atoms with Gasteiger partial charge >= 0.3 is 11.3 Å². The van der Waals surface area contributed by atoms with E-state index in [0.717, 1.165) is 6.39 Å². The minimum Gasteiger partial charge on any atom is -0.343 e. The molecule has 0 bridgehead atoms. The average molecular weight is 419 g/mol. The minimum absolute atomic E-state index is 0.0536. The smallest absolute Gasteiger partial charge is 0.343 e. The summed E-state index contributed by atoms with van der Waals surface area (Å²) in [6, 6.07) is 5.35. The van der Waals surface area contributed by atoms with E-state index in [4.69, 9.17) is 11.6 Å². The van der Waals surface area contributed by atoms with Crippen LogP contribution in [0.5, 0.6) is 0 Å². The van der Waals surface area contributed by atoms with Gasteiger partial charge in [0.15, 0.2) is 21.4 Å². The molecule has 0 aliphatic rings. The Balaban J connectivity index is 1.71. The molecule has 0 fully saturated rings. The van der Waals surface area contributed by atoms with Crippen LogP contribution in [0.2, 0.25) is 0 Å². The van der Waals surface area contributed by atoms with Crippen LogP contribution in [-0.4, -0.2) is 40.2 Å². The standard InChI is InChI=1S/C14H9ClF2N4O5S/c15-14(16,17)13-19-12(21-26-13)9-3-1-8(2-4-9)10(22)5-27(23,24)6-11-18-7-25-20-11/h1-4,7H,5-6H2. The molecule has 27 heavy (non-hydrogen) atoms. The van der Waals surface area contributed by atoms with E-state index >= 15 is 0 Å². The monoisotopic (exact) mass is 418 g/mol. The molecule has 0 unspecified atom stereocenters. The van der Waals surface area contributed by atoms with Crippen molar-refractivity contribution in [1.82, 2.24) is 20.3 Å². The van der Waals surface area contributed by atoms with Gasteiger partial charge < -0.3 is 9.05 Å². The van der Waals surface area contributed by atoms with Crippen LogP contribution < -0.4 is 0 Å². The predicted molar refractivity (Wildman–Crippen MR) is 85.6 cm³/mol. The Kier molecular flexibility index (Phi) is 5.02. The van der Waals surface area contributed by atoms with Crippen molar-refractivity contribution in [2.24, 2.45) is 0 Å². The molecule has 0 atom stereocenters. The van der Waals surface area contributed by atoms with E-state index in [1.54, 1.807) is 0 Å². The largest absolute Gasteiger partial charge is 0.400 e. The Hall–Kier alpha value is -2.73. The van der Waals surface area contributed by atoms with Gasteiger partial charge in [0.1, 0.15) is 11.5 Å². The van der Waals surface area contributed by atoms with Gasteiger partial charge in [-0.2, -0.15) is 18.7 Å². The highest BCUT2D eigenvalue weighted by Crippen LogP contribution is 2.32. The van der Waals surface area contributed by atoms with E-state index in [1.165, 1.54) is 24.3 Å². The Morgan fingerprint density at radius 1 is 1.19 bits per heavy atom. The number of hydrogen-bond donors (Lipinski definition) is 0. The molecule has 13 heteroatoms. The molecule has 0 aliphatic carbocycles. The van der Waals surface area contributed by atoms with Gasteiger partial charge in [0.2, 0.25) is 12.2 Å². The summed E-state index contributed by atoms with van der Waals surface area (Å²) in [5.74, 6) is -3.23. The number of carbonyl (C=O) groups is 1. The van der Waals surface area contributed by atoms with Crippen LogP contribution in [0, 0.1) is 0 Å². The first kappa shape index (κ1) is 19.0. The van der Waals surface area contributed by atoms with Gasteiger partial charge in [0.05, 0.1) is 0 Å². The lowest BCUT2D eigenvalue weighted by Crippen LogP contribution is -2.18. The Morgan fingerprint density at radius 2 is 1.89 bits per heavy atom. The lowest BCUT2D eigenvalue weighted by molar-refractivity contribution is 0.0551. The van der Waals surface area contributed by atoms with Crippen LogP contribution >= 0.6 is 11.6 Å². The molecule has 0 radical (unpaired) electrons. The number of rotatable bonds is 7. The highest BCUT2D eigenvalue weighted by molar-refractivity contribution is 7.91. The maximum Gasteiger partial charge on any atom is 0.400 e. The fourth-order valence-electron chi connectivity index (χ4n) is 2.05. The van der Waals surface area contributed by atoms with E-state index in [0.29, 0.717) is 0 Å². The van der Waals surface area contributed by atoms with Gasteiger partial charge in [0, 0.05) is 11.1 Å². The molecule has 2 heterocycles. The van der Waals surface area contributed by atoms with Crippen LogP contribution in [-0.2, 0) is 21.0 Å². The highest BCUT2D eigenvalue weighted by Gasteiger charge is 2.35. The third kappa shape index (κ3) is 4.71. The fraction of sp³-hybridized carbons (Fsp3) is 0.214. The van der Waals surface area contributed by atoms with Crippen LogP contribution in [0.25, 0.3) is 11.4 Å². The van der Waals surface area contributed by atoms with E-state index in [-0.39, 0.29) is 22.8 Å². The Morgan fingerprint density at radius 3 is 2.44 bits per heavy atom. The second-order valence-electron chi connectivity index (χ2n) is 5.30. The molecule has 2 aromatic heterocycles. The number of carbonyl (C=O) groups excluding carboxylic acids is 1. The summed E-state index contributed by atoms with van der Waals surface area (Å²) in [5, 5.41) is 2.96. The molecule has 0 amide bonds. The number of aromatic nitrogens is 4. The van der Waals surface area contributed by atoms with Crippen molar-refractivity contribution in [3.8, 4) is 11.4 Å². The third-order valence-corrected chi connectivity index (χ3v) is 4.80. The number of alkyl halides is 3. The van der Waals surface area contributed by atoms with Crippen molar-refractivity contribution in [2.75, 3.05) is 5.75 Å². The quantitative estimate of drug-likeness (QED) is 0.418. The van der Waals surface area contributed by atoms with E-state index in [1.807, 2.05) is 0 Å². The molecule has 3 aromatic rings. The second-order valence-corrected chi connectivity index (χ2v) is 7.84. The van der Waals surface area contributed by atoms with Crippen molar-refractivity contribution in [3.05, 3.63) is 47.9 Å². The van der Waals surface area contributed by atoms with Gasteiger partial charge in [0.25, 0.3) is 0 Å². The van der Waals surface area contributed by atoms with Crippen molar-refractivity contribution < 1.29 is 31.0 Å². The lowest BCUT2D eigenvalue weighted by atomic mass is 10.1. The van der Waals surface area contributed by atoms with Gasteiger partial charge in [-0.1, -0.05) is 34.6 Å². The zero-order valence-corrected chi connectivity index (χ0v) is 14.7. The fourth-order valence-corrected chi connectivity index (χ4v) is 3.31. The van der Waals surface area contributed by atoms with E-state index in [2.05, 4.69) is 29.3 Å². The van der Waals surface area contributed by atoms with Crippen LogP contribution in [0.1, 0.15) is 22.1 Å². The van der Waals surface area contributed by atoms with Gasteiger partial charge in [-0.3, -0.25) is 4.79 Å². The lowest BCUT2D eigenvalue weighted by Gasteiger charge is -2.03. The number of benzene rings is 1. The Labute approximate surface area is 155 Å². The summed E-state index contributed by atoms with van der Waals surface area (Å²) in [5.41, 5.74) is 0.374. The minimum atomic E-state index is -3.80.